The van der Waals surface area contributed by atoms with E-state index in [9.17, 15) is 22.8 Å². The number of alkyl halides is 3. The lowest BCUT2D eigenvalue weighted by atomic mass is 10.1. The number of nitrogens with zero attached hydrogens (tertiary/aromatic N) is 3. The third-order valence-corrected chi connectivity index (χ3v) is 5.52. The number of amides is 1. The normalized spacial score (nSPS) is 11.2. The van der Waals surface area contributed by atoms with Crippen molar-refractivity contribution in [1.29, 1.82) is 0 Å². The topological polar surface area (TPSA) is 106 Å². The molecule has 0 atom stereocenters. The summed E-state index contributed by atoms with van der Waals surface area (Å²) < 4.78 is 43.5. The fourth-order valence-electron chi connectivity index (χ4n) is 2.95. The summed E-state index contributed by atoms with van der Waals surface area (Å²) in [5.74, 6) is -0.940. The van der Waals surface area contributed by atoms with E-state index in [0.717, 1.165) is 33.3 Å². The Balaban J connectivity index is 1.65. The highest BCUT2D eigenvalue weighted by Crippen LogP contribution is 2.31. The molecule has 1 amide bonds. The van der Waals surface area contributed by atoms with Gasteiger partial charge in [0.2, 0.25) is 11.9 Å². The zero-order valence-electron chi connectivity index (χ0n) is 18.4. The van der Waals surface area contributed by atoms with Gasteiger partial charge in [0.25, 0.3) is 0 Å². The minimum Gasteiger partial charge on any atom is -0.465 e. The van der Waals surface area contributed by atoms with E-state index >= 15 is 0 Å². The molecule has 0 aliphatic carbocycles. The molecule has 1 aromatic carbocycles. The summed E-state index contributed by atoms with van der Waals surface area (Å²) in [7, 11) is 0. The highest BCUT2D eigenvalue weighted by atomic mass is 32.1. The van der Waals surface area contributed by atoms with E-state index in [4.69, 9.17) is 4.74 Å². The molecule has 0 saturated carbocycles. The van der Waals surface area contributed by atoms with Crippen LogP contribution in [0.2, 0.25) is 0 Å². The first-order valence-electron chi connectivity index (χ1n) is 10.3. The van der Waals surface area contributed by atoms with Crippen LogP contribution in [0.4, 0.5) is 24.8 Å². The van der Waals surface area contributed by atoms with Gasteiger partial charge >= 0.3 is 12.1 Å². The molecular formula is C22H22F3N5O3S. The Kier molecular flexibility index (Phi) is 8.16. The molecule has 0 radical (unpaired) electrons. The molecule has 0 unspecified atom stereocenters. The van der Waals surface area contributed by atoms with Crippen LogP contribution in [0.15, 0.2) is 36.7 Å². The summed E-state index contributed by atoms with van der Waals surface area (Å²) in [6.45, 7) is 3.62. The number of halogens is 3. The van der Waals surface area contributed by atoms with E-state index in [1.54, 1.807) is 25.3 Å². The van der Waals surface area contributed by atoms with Crippen LogP contribution in [0.1, 0.15) is 29.6 Å². The first-order valence-corrected chi connectivity index (χ1v) is 11.1. The molecule has 0 bridgehead atoms. The van der Waals surface area contributed by atoms with Crippen molar-refractivity contribution in [2.45, 2.75) is 32.9 Å². The largest absolute Gasteiger partial charge is 0.465 e. The van der Waals surface area contributed by atoms with Gasteiger partial charge in [0.1, 0.15) is 12.2 Å². The molecule has 12 heteroatoms. The second-order valence-electron chi connectivity index (χ2n) is 7.18. The number of hydrogen-bond donors (Lipinski definition) is 2. The van der Waals surface area contributed by atoms with Gasteiger partial charge in [-0.2, -0.15) is 13.2 Å². The molecule has 2 aromatic heterocycles. The lowest BCUT2D eigenvalue weighted by Gasteiger charge is -2.10. The molecule has 2 heterocycles. The van der Waals surface area contributed by atoms with Crippen LogP contribution < -0.4 is 10.6 Å². The molecule has 2 N–H and O–H groups in total. The summed E-state index contributed by atoms with van der Waals surface area (Å²) in [5.41, 5.74) is 1.18. The maximum Gasteiger partial charge on any atom is 0.433 e. The van der Waals surface area contributed by atoms with Gasteiger partial charge in [-0.15, -0.1) is 11.3 Å². The predicted octanol–water partition coefficient (Wildman–Crippen LogP) is 4.28. The second-order valence-corrected chi connectivity index (χ2v) is 8.29. The average Bonchev–Trinajstić information content (AvgIpc) is 3.25. The van der Waals surface area contributed by atoms with Gasteiger partial charge in [0.05, 0.1) is 16.5 Å². The smallest absolute Gasteiger partial charge is 0.433 e. The Morgan fingerprint density at radius 3 is 2.71 bits per heavy atom. The molecule has 0 aliphatic rings. The van der Waals surface area contributed by atoms with Crippen LogP contribution in [0, 0.1) is 6.92 Å². The molecule has 0 fully saturated rings. The Hall–Kier alpha value is -3.54. The fourth-order valence-corrected chi connectivity index (χ4v) is 3.86. The van der Waals surface area contributed by atoms with Crippen molar-refractivity contribution in [1.82, 2.24) is 20.3 Å². The summed E-state index contributed by atoms with van der Waals surface area (Å²) in [5, 5.41) is 6.05. The third-order valence-electron chi connectivity index (χ3n) is 4.42. The third kappa shape index (κ3) is 7.24. The highest BCUT2D eigenvalue weighted by Gasteiger charge is 2.32. The van der Waals surface area contributed by atoms with Crippen LogP contribution >= 0.6 is 11.3 Å². The molecule has 3 aromatic rings. The number of carbonyl (C=O) groups excluding carboxylic acids is 2. The lowest BCUT2D eigenvalue weighted by Crippen LogP contribution is -2.30. The van der Waals surface area contributed by atoms with E-state index in [-0.39, 0.29) is 31.4 Å². The molecule has 0 saturated heterocycles. The van der Waals surface area contributed by atoms with Gasteiger partial charge in [-0.1, -0.05) is 6.07 Å². The zero-order chi connectivity index (χ0) is 24.7. The molecule has 3 rings (SSSR count). The van der Waals surface area contributed by atoms with E-state index in [2.05, 4.69) is 25.6 Å². The van der Waals surface area contributed by atoms with Gasteiger partial charge in [-0.05, 0) is 43.2 Å². The molecule has 0 spiro atoms. The van der Waals surface area contributed by atoms with Gasteiger partial charge in [0.15, 0.2) is 0 Å². The van der Waals surface area contributed by atoms with Crippen molar-refractivity contribution < 1.29 is 27.5 Å². The molecule has 8 nitrogen and oxygen atoms in total. The lowest BCUT2D eigenvalue weighted by molar-refractivity contribution is -0.143. The number of benzene rings is 1. The monoisotopic (exact) mass is 493 g/mol. The quantitative estimate of drug-likeness (QED) is 0.429. The SMILES string of the molecule is CCOC(=O)CNC(=O)CCc1ncc(-c2cc(C)cc(Nc3nccc(C(F)(F)F)n3)c2)s1. The van der Waals surface area contributed by atoms with E-state index in [1.807, 2.05) is 13.0 Å². The standard InChI is InChI=1S/C22H22F3N5O3S/c1-3-33-20(32)12-27-18(31)4-5-19-28-11-16(34-19)14-8-13(2)9-15(10-14)29-21-26-7-6-17(30-21)22(23,24)25/h6-11H,3-5,12H2,1-2H3,(H,27,31)(H,26,29,30). The van der Waals surface area contributed by atoms with Crippen molar-refractivity contribution in [3.63, 3.8) is 0 Å². The number of ether oxygens (including phenoxy) is 1. The number of anilines is 2. The molecule has 34 heavy (non-hydrogen) atoms. The number of hydrogen-bond acceptors (Lipinski definition) is 8. The van der Waals surface area contributed by atoms with E-state index in [1.165, 1.54) is 11.3 Å². The van der Waals surface area contributed by atoms with Gasteiger partial charge in [-0.25, -0.2) is 15.0 Å². The van der Waals surface area contributed by atoms with Crippen LogP contribution in [-0.4, -0.2) is 40.0 Å². The van der Waals surface area contributed by atoms with E-state index in [0.29, 0.717) is 12.1 Å². The van der Waals surface area contributed by atoms with Gasteiger partial charge in [-0.3, -0.25) is 9.59 Å². The van der Waals surface area contributed by atoms with Crippen LogP contribution in [-0.2, 0) is 26.9 Å². The number of thiazole rings is 1. The molecular weight excluding hydrogens is 471 g/mol. The first kappa shape index (κ1) is 25.1. The highest BCUT2D eigenvalue weighted by molar-refractivity contribution is 7.15. The van der Waals surface area contributed by atoms with Gasteiger partial charge < -0.3 is 15.4 Å². The van der Waals surface area contributed by atoms with Crippen molar-refractivity contribution in [2.75, 3.05) is 18.5 Å². The summed E-state index contributed by atoms with van der Waals surface area (Å²) in [6.07, 6.45) is -1.27. The number of carbonyl (C=O) groups is 2. The van der Waals surface area contributed by atoms with Crippen molar-refractivity contribution in [3.8, 4) is 10.4 Å². The van der Waals surface area contributed by atoms with Crippen molar-refractivity contribution >= 4 is 34.8 Å². The number of nitrogens with one attached hydrogen (secondary N) is 2. The number of esters is 1. The maximum atomic E-state index is 12.9. The summed E-state index contributed by atoms with van der Waals surface area (Å²) in [4.78, 5) is 35.8. The fraction of sp³-hybridized carbons (Fsp3) is 0.318. The second kappa shape index (κ2) is 11.1. The van der Waals surface area contributed by atoms with Crippen molar-refractivity contribution in [2.24, 2.45) is 0 Å². The number of rotatable bonds is 9. The minimum absolute atomic E-state index is 0.162. The summed E-state index contributed by atoms with van der Waals surface area (Å²) >= 11 is 1.40. The Morgan fingerprint density at radius 2 is 1.97 bits per heavy atom. The average molecular weight is 494 g/mol. The van der Waals surface area contributed by atoms with E-state index < -0.39 is 17.8 Å². The van der Waals surface area contributed by atoms with Crippen molar-refractivity contribution in [3.05, 3.63) is 52.9 Å². The minimum atomic E-state index is -4.56. The van der Waals surface area contributed by atoms with Crippen LogP contribution in [0.3, 0.4) is 0 Å². The first-order chi connectivity index (χ1) is 16.1. The van der Waals surface area contributed by atoms with Gasteiger partial charge in [0, 0.05) is 30.9 Å². The Morgan fingerprint density at radius 1 is 1.18 bits per heavy atom. The number of aryl methyl sites for hydroxylation is 2. The Bertz CT molecular complexity index is 1170. The summed E-state index contributed by atoms with van der Waals surface area (Å²) in [6, 6.07) is 6.26. The Labute approximate surface area is 197 Å². The van der Waals surface area contributed by atoms with Crippen LogP contribution in [0.25, 0.3) is 10.4 Å². The zero-order valence-corrected chi connectivity index (χ0v) is 19.2. The number of aromatic nitrogens is 3. The maximum absolute atomic E-state index is 12.9. The van der Waals surface area contributed by atoms with Crippen LogP contribution in [0.5, 0.6) is 0 Å². The molecule has 180 valence electrons. The molecule has 0 aliphatic heterocycles. The predicted molar refractivity (Wildman–Crippen MR) is 121 cm³/mol.